The summed E-state index contributed by atoms with van der Waals surface area (Å²) in [6, 6.07) is 17.3. The molecule has 124 valence electrons. The molecule has 23 heavy (non-hydrogen) atoms. The number of rotatable bonds is 8. The maximum Gasteiger partial charge on any atom is 0.0229 e. The second-order valence-electron chi connectivity index (χ2n) is 5.94. The van der Waals surface area contributed by atoms with Crippen LogP contribution in [0.25, 0.3) is 0 Å². The molecule has 0 aliphatic heterocycles. The van der Waals surface area contributed by atoms with E-state index in [4.69, 9.17) is 23.2 Å². The van der Waals surface area contributed by atoms with Gasteiger partial charge in [-0.05, 0) is 47.9 Å². The van der Waals surface area contributed by atoms with Crippen LogP contribution in [0.2, 0.25) is 0 Å². The molecule has 0 saturated heterocycles. The van der Waals surface area contributed by atoms with Crippen LogP contribution in [0.4, 0.5) is 0 Å². The molecule has 0 fully saturated rings. The fourth-order valence-corrected chi connectivity index (χ4v) is 4.68. The van der Waals surface area contributed by atoms with E-state index in [-0.39, 0.29) is 0 Å². The van der Waals surface area contributed by atoms with Gasteiger partial charge in [0, 0.05) is 21.6 Å². The summed E-state index contributed by atoms with van der Waals surface area (Å²) in [4.78, 5) is 2.66. The lowest BCUT2D eigenvalue weighted by atomic mass is 9.98. The minimum absolute atomic E-state index is 0.476. The van der Waals surface area contributed by atoms with E-state index in [1.54, 1.807) is 0 Å². The highest BCUT2D eigenvalue weighted by Crippen LogP contribution is 2.39. The van der Waals surface area contributed by atoms with Gasteiger partial charge < -0.3 is 0 Å². The van der Waals surface area contributed by atoms with E-state index in [1.807, 2.05) is 11.8 Å². The summed E-state index contributed by atoms with van der Waals surface area (Å²) in [7, 11) is 0. The van der Waals surface area contributed by atoms with Crippen molar-refractivity contribution in [3.8, 4) is 0 Å². The Morgan fingerprint density at radius 3 is 1.52 bits per heavy atom. The fraction of sp³-hybridized carbons (Fsp3) is 0.400. The monoisotopic (exact) mass is 366 g/mol. The smallest absolute Gasteiger partial charge is 0.0229 e. The Morgan fingerprint density at radius 2 is 1.13 bits per heavy atom. The van der Waals surface area contributed by atoms with Crippen molar-refractivity contribution in [3.63, 3.8) is 0 Å². The van der Waals surface area contributed by atoms with E-state index in [0.29, 0.717) is 23.6 Å². The maximum atomic E-state index is 5.94. The number of benzene rings is 2. The van der Waals surface area contributed by atoms with E-state index in [1.165, 1.54) is 20.9 Å². The molecule has 0 radical (unpaired) electrons. The molecule has 0 nitrogen and oxygen atoms in total. The van der Waals surface area contributed by atoms with Gasteiger partial charge >= 0.3 is 0 Å². The second-order valence-corrected chi connectivity index (χ2v) is 7.77. The molecule has 0 bridgehead atoms. The molecule has 0 heterocycles. The van der Waals surface area contributed by atoms with Crippen LogP contribution in [0.1, 0.15) is 49.7 Å². The highest BCUT2D eigenvalue weighted by atomic mass is 35.5. The lowest BCUT2D eigenvalue weighted by molar-refractivity contribution is 0.720. The summed E-state index contributed by atoms with van der Waals surface area (Å²) < 4.78 is 0. The zero-order chi connectivity index (χ0) is 16.7. The van der Waals surface area contributed by atoms with Crippen molar-refractivity contribution in [1.82, 2.24) is 0 Å². The normalized spacial score (nSPS) is 13.7. The highest BCUT2D eigenvalue weighted by molar-refractivity contribution is 7.99. The van der Waals surface area contributed by atoms with E-state index < -0.39 is 0 Å². The summed E-state index contributed by atoms with van der Waals surface area (Å²) in [6.07, 6.45) is 2.01. The Balaban J connectivity index is 2.30. The van der Waals surface area contributed by atoms with E-state index in [0.717, 1.165) is 12.8 Å². The van der Waals surface area contributed by atoms with Crippen molar-refractivity contribution in [2.75, 3.05) is 11.8 Å². The Bertz CT molecular complexity index is 559. The topological polar surface area (TPSA) is 0 Å². The maximum absolute atomic E-state index is 5.94. The third-order valence-electron chi connectivity index (χ3n) is 4.20. The molecule has 0 saturated carbocycles. The number of hydrogen-bond acceptors (Lipinski definition) is 1. The van der Waals surface area contributed by atoms with Gasteiger partial charge in [-0.15, -0.1) is 23.2 Å². The first-order valence-electron chi connectivity index (χ1n) is 8.15. The molecule has 2 aromatic rings. The third kappa shape index (κ3) is 5.17. The van der Waals surface area contributed by atoms with Crippen molar-refractivity contribution in [3.05, 3.63) is 59.7 Å². The fourth-order valence-electron chi connectivity index (χ4n) is 2.72. The number of alkyl halides is 2. The zero-order valence-electron chi connectivity index (χ0n) is 13.8. The summed E-state index contributed by atoms with van der Waals surface area (Å²) in [5.41, 5.74) is 2.77. The quantitative estimate of drug-likeness (QED) is 0.441. The van der Waals surface area contributed by atoms with Gasteiger partial charge in [-0.3, -0.25) is 0 Å². The van der Waals surface area contributed by atoms with Crippen molar-refractivity contribution in [2.24, 2.45) is 0 Å². The first kappa shape index (κ1) is 18.7. The number of hydrogen-bond donors (Lipinski definition) is 0. The van der Waals surface area contributed by atoms with Crippen LogP contribution < -0.4 is 0 Å². The van der Waals surface area contributed by atoms with Crippen LogP contribution in [0.3, 0.4) is 0 Å². The molecule has 2 unspecified atom stereocenters. The standard InChI is InChI=1S/C20H24Cl2S/c1-15(11-13-21)17-7-3-5-9-19(17)23-20-10-6-4-8-18(20)16(2)12-14-22/h3-10,15-16H,11-14H2,1-2H3. The van der Waals surface area contributed by atoms with Gasteiger partial charge in [0.05, 0.1) is 0 Å². The van der Waals surface area contributed by atoms with Crippen molar-refractivity contribution < 1.29 is 0 Å². The molecule has 0 aliphatic rings. The largest absolute Gasteiger partial charge is 0.127 e. The van der Waals surface area contributed by atoms with Gasteiger partial charge in [-0.1, -0.05) is 62.0 Å². The van der Waals surface area contributed by atoms with E-state index >= 15 is 0 Å². The minimum atomic E-state index is 0.476. The van der Waals surface area contributed by atoms with Crippen LogP contribution in [-0.2, 0) is 0 Å². The van der Waals surface area contributed by atoms with Crippen molar-refractivity contribution in [2.45, 2.75) is 48.3 Å². The first-order chi connectivity index (χ1) is 11.2. The molecule has 2 aromatic carbocycles. The first-order valence-corrected chi connectivity index (χ1v) is 10.0. The Kier molecular flexibility index (Phi) is 7.82. The lowest BCUT2D eigenvalue weighted by Crippen LogP contribution is -1.99. The van der Waals surface area contributed by atoms with Crippen molar-refractivity contribution >= 4 is 35.0 Å². The van der Waals surface area contributed by atoms with Crippen LogP contribution in [0.15, 0.2) is 58.3 Å². The van der Waals surface area contributed by atoms with Crippen LogP contribution in [0.5, 0.6) is 0 Å². The summed E-state index contributed by atoms with van der Waals surface area (Å²) in [5.74, 6) is 2.35. The average molecular weight is 367 g/mol. The molecule has 0 amide bonds. The highest BCUT2D eigenvalue weighted by Gasteiger charge is 2.14. The molecule has 0 spiro atoms. The predicted molar refractivity (Wildman–Crippen MR) is 105 cm³/mol. The summed E-state index contributed by atoms with van der Waals surface area (Å²) >= 11 is 13.7. The molecule has 3 heteroatoms. The van der Waals surface area contributed by atoms with Gasteiger partial charge in [0.15, 0.2) is 0 Å². The van der Waals surface area contributed by atoms with Crippen LogP contribution >= 0.6 is 35.0 Å². The van der Waals surface area contributed by atoms with Gasteiger partial charge in [0.25, 0.3) is 0 Å². The van der Waals surface area contributed by atoms with Gasteiger partial charge in [0.1, 0.15) is 0 Å². The Morgan fingerprint density at radius 1 is 0.739 bits per heavy atom. The van der Waals surface area contributed by atoms with E-state index in [2.05, 4.69) is 62.4 Å². The Labute approximate surface area is 154 Å². The molecule has 2 rings (SSSR count). The average Bonchev–Trinajstić information content (AvgIpc) is 2.56. The zero-order valence-corrected chi connectivity index (χ0v) is 16.1. The molecule has 2 atom stereocenters. The van der Waals surface area contributed by atoms with Crippen molar-refractivity contribution in [1.29, 1.82) is 0 Å². The lowest BCUT2D eigenvalue weighted by Gasteiger charge is -2.18. The predicted octanol–water partition coefficient (Wildman–Crippen LogP) is 7.30. The van der Waals surface area contributed by atoms with E-state index in [9.17, 15) is 0 Å². The Hall–Kier alpha value is -0.630. The van der Waals surface area contributed by atoms with Gasteiger partial charge in [-0.25, -0.2) is 0 Å². The third-order valence-corrected chi connectivity index (χ3v) is 5.82. The van der Waals surface area contributed by atoms with Gasteiger partial charge in [-0.2, -0.15) is 0 Å². The number of halogens is 2. The SMILES string of the molecule is CC(CCCl)c1ccccc1Sc1ccccc1C(C)CCCl. The molecule has 0 N–H and O–H groups in total. The molecular formula is C20H24Cl2S. The minimum Gasteiger partial charge on any atom is -0.127 e. The van der Waals surface area contributed by atoms with Gasteiger partial charge in [0.2, 0.25) is 0 Å². The molecule has 0 aliphatic carbocycles. The van der Waals surface area contributed by atoms with Crippen LogP contribution in [0, 0.1) is 0 Å². The summed E-state index contributed by atoms with van der Waals surface area (Å²) in [5, 5.41) is 0. The molecular weight excluding hydrogens is 343 g/mol. The second kappa shape index (κ2) is 9.61. The molecule has 0 aromatic heterocycles. The summed E-state index contributed by atoms with van der Waals surface area (Å²) in [6.45, 7) is 4.51. The van der Waals surface area contributed by atoms with Crippen LogP contribution in [-0.4, -0.2) is 11.8 Å².